The fourth-order valence-corrected chi connectivity index (χ4v) is 5.36. The number of benzene rings is 1. The first-order valence-corrected chi connectivity index (χ1v) is 11.3. The molecule has 9 heteroatoms. The molecule has 0 unspecified atom stereocenters. The highest BCUT2D eigenvalue weighted by molar-refractivity contribution is 7.89. The summed E-state index contributed by atoms with van der Waals surface area (Å²) < 4.78 is 27.0. The van der Waals surface area contributed by atoms with Crippen molar-refractivity contribution in [2.45, 2.75) is 11.3 Å². The Morgan fingerprint density at radius 3 is 2.57 bits per heavy atom. The first kappa shape index (κ1) is 20.5. The van der Waals surface area contributed by atoms with Crippen molar-refractivity contribution in [3.05, 3.63) is 52.2 Å². The van der Waals surface area contributed by atoms with Crippen molar-refractivity contribution < 1.29 is 13.2 Å². The minimum Gasteiger partial charge on any atom is -0.355 e. The van der Waals surface area contributed by atoms with E-state index in [0.717, 1.165) is 6.42 Å². The molecule has 0 atom stereocenters. The lowest BCUT2D eigenvalue weighted by Gasteiger charge is -2.33. The van der Waals surface area contributed by atoms with E-state index in [1.807, 2.05) is 28.5 Å². The van der Waals surface area contributed by atoms with Crippen LogP contribution in [0.4, 0.5) is 0 Å². The highest BCUT2D eigenvalue weighted by atomic mass is 32.2. The van der Waals surface area contributed by atoms with E-state index in [1.54, 1.807) is 23.5 Å². The second kappa shape index (κ2) is 9.30. The van der Waals surface area contributed by atoms with Gasteiger partial charge in [-0.25, -0.2) is 8.42 Å². The number of piperazine rings is 1. The molecule has 1 N–H and O–H groups in total. The zero-order valence-electron chi connectivity index (χ0n) is 15.4. The van der Waals surface area contributed by atoms with Crippen LogP contribution in [0.3, 0.4) is 0 Å². The Balaban J connectivity index is 1.48. The van der Waals surface area contributed by atoms with Gasteiger partial charge in [0, 0.05) is 37.6 Å². The molecule has 2 aromatic rings. The minimum absolute atomic E-state index is 0.0391. The van der Waals surface area contributed by atoms with Crippen molar-refractivity contribution in [1.82, 2.24) is 14.5 Å². The van der Waals surface area contributed by atoms with Crippen molar-refractivity contribution in [2.24, 2.45) is 0 Å². The van der Waals surface area contributed by atoms with Gasteiger partial charge in [0.05, 0.1) is 17.0 Å². The molecule has 0 aliphatic carbocycles. The quantitative estimate of drug-likeness (QED) is 0.731. The Morgan fingerprint density at radius 1 is 1.14 bits per heavy atom. The van der Waals surface area contributed by atoms with Gasteiger partial charge in [-0.3, -0.25) is 9.69 Å². The van der Waals surface area contributed by atoms with Crippen LogP contribution in [0.2, 0.25) is 0 Å². The molecule has 2 heterocycles. The molecule has 1 aromatic carbocycles. The van der Waals surface area contributed by atoms with Crippen LogP contribution in [0.1, 0.15) is 10.4 Å². The first-order chi connectivity index (χ1) is 13.5. The third kappa shape index (κ3) is 4.97. The molecule has 28 heavy (non-hydrogen) atoms. The van der Waals surface area contributed by atoms with E-state index in [4.69, 9.17) is 5.26 Å². The van der Waals surface area contributed by atoms with Gasteiger partial charge in [0.15, 0.2) is 0 Å². The van der Waals surface area contributed by atoms with Crippen molar-refractivity contribution in [3.8, 4) is 6.07 Å². The van der Waals surface area contributed by atoms with Crippen LogP contribution < -0.4 is 5.32 Å². The summed E-state index contributed by atoms with van der Waals surface area (Å²) in [5.41, 5.74) is 0.148. The molecule has 1 aliphatic rings. The number of sulfonamides is 1. The van der Waals surface area contributed by atoms with E-state index in [0.29, 0.717) is 32.7 Å². The normalized spacial score (nSPS) is 15.8. The molecule has 1 aromatic heterocycles. The number of amides is 1. The standard InChI is InChI=1S/C19H22N4O3S2/c20-14-16-4-1-2-6-18(16)28(25,26)23-11-9-22(10-12-23)15-19(24)21-8-7-17-5-3-13-27-17/h1-6,13H,7-12,15H2,(H,21,24). The molecule has 1 amide bonds. The maximum atomic E-state index is 12.8. The van der Waals surface area contributed by atoms with Gasteiger partial charge in [0.25, 0.3) is 0 Å². The third-order valence-corrected chi connectivity index (χ3v) is 7.49. The molecular formula is C19H22N4O3S2. The second-order valence-electron chi connectivity index (χ2n) is 6.47. The lowest BCUT2D eigenvalue weighted by molar-refractivity contribution is -0.122. The lowest BCUT2D eigenvalue weighted by Crippen LogP contribution is -2.51. The van der Waals surface area contributed by atoms with Crippen LogP contribution in [0.5, 0.6) is 0 Å². The molecule has 7 nitrogen and oxygen atoms in total. The fourth-order valence-electron chi connectivity index (χ4n) is 3.09. The van der Waals surface area contributed by atoms with Crippen molar-refractivity contribution >= 4 is 27.3 Å². The average molecular weight is 419 g/mol. The second-order valence-corrected chi connectivity index (χ2v) is 9.41. The highest BCUT2D eigenvalue weighted by Crippen LogP contribution is 2.21. The summed E-state index contributed by atoms with van der Waals surface area (Å²) in [5.74, 6) is -0.0531. The van der Waals surface area contributed by atoms with Crippen molar-refractivity contribution in [2.75, 3.05) is 39.3 Å². The predicted molar refractivity (Wildman–Crippen MR) is 107 cm³/mol. The molecule has 1 fully saturated rings. The van der Waals surface area contributed by atoms with Crippen molar-refractivity contribution in [3.63, 3.8) is 0 Å². The summed E-state index contributed by atoms with van der Waals surface area (Å²) in [6.07, 6.45) is 0.813. The van der Waals surface area contributed by atoms with Crippen molar-refractivity contribution in [1.29, 1.82) is 5.26 Å². The number of nitrogens with one attached hydrogen (secondary N) is 1. The van der Waals surface area contributed by atoms with Crippen LogP contribution in [-0.2, 0) is 21.2 Å². The van der Waals surface area contributed by atoms with E-state index in [-0.39, 0.29) is 22.9 Å². The van der Waals surface area contributed by atoms with E-state index in [2.05, 4.69) is 5.32 Å². The third-order valence-electron chi connectivity index (χ3n) is 4.60. The van der Waals surface area contributed by atoms with Gasteiger partial charge in [-0.15, -0.1) is 11.3 Å². The summed E-state index contributed by atoms with van der Waals surface area (Å²) in [7, 11) is -3.71. The minimum atomic E-state index is -3.71. The number of hydrogen-bond donors (Lipinski definition) is 1. The van der Waals surface area contributed by atoms with Gasteiger partial charge >= 0.3 is 0 Å². The molecule has 0 radical (unpaired) electrons. The summed E-state index contributed by atoms with van der Waals surface area (Å²) in [6, 6.07) is 12.2. The Bertz CT molecular complexity index is 944. The van der Waals surface area contributed by atoms with Crippen LogP contribution in [-0.4, -0.2) is 62.8 Å². The number of carbonyl (C=O) groups is 1. The molecule has 3 rings (SSSR count). The number of thiophene rings is 1. The molecule has 0 spiro atoms. The highest BCUT2D eigenvalue weighted by Gasteiger charge is 2.30. The maximum absolute atomic E-state index is 12.8. The molecule has 0 bridgehead atoms. The Hall–Kier alpha value is -2.25. The number of rotatable bonds is 7. The Kier molecular flexibility index (Phi) is 6.80. The van der Waals surface area contributed by atoms with Gasteiger partial charge in [0.2, 0.25) is 15.9 Å². The number of carbonyl (C=O) groups excluding carboxylic acids is 1. The summed E-state index contributed by atoms with van der Waals surface area (Å²) >= 11 is 1.67. The van der Waals surface area contributed by atoms with E-state index in [1.165, 1.54) is 21.3 Å². The lowest BCUT2D eigenvalue weighted by atomic mass is 10.2. The predicted octanol–water partition coefficient (Wildman–Crippen LogP) is 1.28. The van der Waals surface area contributed by atoms with Gasteiger partial charge in [-0.05, 0) is 30.0 Å². The molecule has 148 valence electrons. The van der Waals surface area contributed by atoms with Gasteiger partial charge in [-0.2, -0.15) is 9.57 Å². The van der Waals surface area contributed by atoms with Crippen LogP contribution in [0.15, 0.2) is 46.7 Å². The maximum Gasteiger partial charge on any atom is 0.244 e. The van der Waals surface area contributed by atoms with E-state index in [9.17, 15) is 13.2 Å². The SMILES string of the molecule is N#Cc1ccccc1S(=O)(=O)N1CCN(CC(=O)NCCc2cccs2)CC1. The van der Waals surface area contributed by atoms with Gasteiger partial charge in [0.1, 0.15) is 6.07 Å². The van der Waals surface area contributed by atoms with E-state index < -0.39 is 10.0 Å². The summed E-state index contributed by atoms with van der Waals surface area (Å²) in [6.45, 7) is 2.40. The fraction of sp³-hybridized carbons (Fsp3) is 0.368. The first-order valence-electron chi connectivity index (χ1n) is 9.01. The zero-order valence-corrected chi connectivity index (χ0v) is 17.0. The average Bonchev–Trinajstić information content (AvgIpc) is 3.22. The number of nitrogens with zero attached hydrogens (tertiary/aromatic N) is 3. The summed E-state index contributed by atoms with van der Waals surface area (Å²) in [5, 5.41) is 14.1. The number of nitriles is 1. The molecule has 1 saturated heterocycles. The van der Waals surface area contributed by atoms with Crippen LogP contribution in [0.25, 0.3) is 0 Å². The Labute approximate surface area is 169 Å². The van der Waals surface area contributed by atoms with Crippen LogP contribution in [0, 0.1) is 11.3 Å². The largest absolute Gasteiger partial charge is 0.355 e. The molecular weight excluding hydrogens is 396 g/mol. The van der Waals surface area contributed by atoms with Gasteiger partial charge < -0.3 is 5.32 Å². The van der Waals surface area contributed by atoms with Gasteiger partial charge in [-0.1, -0.05) is 18.2 Å². The zero-order chi connectivity index (χ0) is 20.0. The van der Waals surface area contributed by atoms with E-state index >= 15 is 0 Å². The number of hydrogen-bond acceptors (Lipinski definition) is 6. The topological polar surface area (TPSA) is 93.5 Å². The summed E-state index contributed by atoms with van der Waals surface area (Å²) in [4.78, 5) is 15.3. The monoisotopic (exact) mass is 418 g/mol. The molecule has 1 aliphatic heterocycles. The van der Waals surface area contributed by atoms with Crippen LogP contribution >= 0.6 is 11.3 Å². The smallest absolute Gasteiger partial charge is 0.244 e. The molecule has 0 saturated carbocycles. The Morgan fingerprint density at radius 2 is 1.89 bits per heavy atom.